The molecule has 0 atom stereocenters. The maximum absolute atomic E-state index is 12.5. The number of rotatable bonds is 3. The van der Waals surface area contributed by atoms with Crippen molar-refractivity contribution in [2.24, 2.45) is 0 Å². The third kappa shape index (κ3) is 3.04. The fourth-order valence-corrected chi connectivity index (χ4v) is 2.76. The van der Waals surface area contributed by atoms with E-state index in [0.29, 0.717) is 26.9 Å². The van der Waals surface area contributed by atoms with Crippen LogP contribution in [-0.2, 0) is 0 Å². The molecule has 0 aliphatic carbocycles. The van der Waals surface area contributed by atoms with E-state index in [4.69, 9.17) is 27.9 Å². The molecule has 0 aliphatic heterocycles. The number of carbonyl (C=O) groups is 1. The minimum Gasteiger partial charge on any atom is -0.495 e. The van der Waals surface area contributed by atoms with Crippen molar-refractivity contribution in [1.29, 1.82) is 0 Å². The number of benzene rings is 2. The van der Waals surface area contributed by atoms with Crippen LogP contribution >= 0.6 is 45.8 Å². The molecule has 98 valence electrons. The maximum atomic E-state index is 12.5. The third-order valence-electron chi connectivity index (χ3n) is 2.60. The van der Waals surface area contributed by atoms with Crippen LogP contribution in [-0.4, -0.2) is 12.9 Å². The molecular formula is C14H9Cl2IO2. The van der Waals surface area contributed by atoms with Gasteiger partial charge in [-0.1, -0.05) is 35.3 Å². The van der Waals surface area contributed by atoms with E-state index in [9.17, 15) is 4.79 Å². The van der Waals surface area contributed by atoms with Crippen LogP contribution in [0.15, 0.2) is 36.4 Å². The normalized spacial score (nSPS) is 10.3. The van der Waals surface area contributed by atoms with Crippen LogP contribution in [0.25, 0.3) is 0 Å². The highest BCUT2D eigenvalue weighted by atomic mass is 127. The van der Waals surface area contributed by atoms with E-state index < -0.39 is 0 Å². The Morgan fingerprint density at radius 1 is 1.11 bits per heavy atom. The molecule has 19 heavy (non-hydrogen) atoms. The first-order valence-electron chi connectivity index (χ1n) is 5.37. The van der Waals surface area contributed by atoms with E-state index in [1.165, 1.54) is 13.2 Å². The molecule has 2 nitrogen and oxygen atoms in total. The van der Waals surface area contributed by atoms with Gasteiger partial charge in [0.2, 0.25) is 0 Å². The van der Waals surface area contributed by atoms with Gasteiger partial charge in [0, 0.05) is 20.8 Å². The molecule has 0 saturated heterocycles. The van der Waals surface area contributed by atoms with Crippen LogP contribution in [0.3, 0.4) is 0 Å². The van der Waals surface area contributed by atoms with Crippen molar-refractivity contribution in [3.8, 4) is 5.75 Å². The van der Waals surface area contributed by atoms with E-state index in [0.717, 1.165) is 3.57 Å². The highest BCUT2D eigenvalue weighted by Gasteiger charge is 2.17. The lowest BCUT2D eigenvalue weighted by molar-refractivity contribution is 0.103. The van der Waals surface area contributed by atoms with E-state index in [1.54, 1.807) is 12.1 Å². The summed E-state index contributed by atoms with van der Waals surface area (Å²) in [5.41, 5.74) is 0.975. The number of carbonyl (C=O) groups excluding carboxylic acids is 1. The van der Waals surface area contributed by atoms with Crippen molar-refractivity contribution in [3.63, 3.8) is 0 Å². The number of ether oxygens (including phenoxy) is 1. The van der Waals surface area contributed by atoms with Gasteiger partial charge in [0.1, 0.15) is 5.75 Å². The van der Waals surface area contributed by atoms with Gasteiger partial charge in [-0.2, -0.15) is 0 Å². The lowest BCUT2D eigenvalue weighted by Gasteiger charge is -2.09. The van der Waals surface area contributed by atoms with Crippen LogP contribution in [0.5, 0.6) is 5.75 Å². The van der Waals surface area contributed by atoms with Gasteiger partial charge in [-0.3, -0.25) is 4.79 Å². The molecule has 0 radical (unpaired) electrons. The number of methoxy groups -OCH3 is 1. The summed E-state index contributed by atoms with van der Waals surface area (Å²) in [4.78, 5) is 12.5. The average molecular weight is 407 g/mol. The number of ketones is 1. The zero-order valence-corrected chi connectivity index (χ0v) is 13.6. The van der Waals surface area contributed by atoms with Crippen molar-refractivity contribution >= 4 is 51.6 Å². The Morgan fingerprint density at radius 3 is 2.42 bits per heavy atom. The van der Waals surface area contributed by atoms with E-state index in [-0.39, 0.29) is 5.78 Å². The molecule has 0 unspecified atom stereocenters. The quantitative estimate of drug-likeness (QED) is 0.538. The van der Waals surface area contributed by atoms with Crippen LogP contribution in [0.1, 0.15) is 15.9 Å². The molecular weight excluding hydrogens is 398 g/mol. The molecule has 2 aromatic carbocycles. The van der Waals surface area contributed by atoms with Crippen LogP contribution < -0.4 is 4.74 Å². The van der Waals surface area contributed by atoms with Crippen molar-refractivity contribution < 1.29 is 9.53 Å². The van der Waals surface area contributed by atoms with Crippen LogP contribution in [0.2, 0.25) is 10.0 Å². The Balaban J connectivity index is 2.51. The fraction of sp³-hybridized carbons (Fsp3) is 0.0714. The molecule has 5 heteroatoms. The molecule has 0 amide bonds. The van der Waals surface area contributed by atoms with Crippen molar-refractivity contribution in [2.45, 2.75) is 0 Å². The van der Waals surface area contributed by atoms with Crippen molar-refractivity contribution in [1.82, 2.24) is 0 Å². The molecule has 0 heterocycles. The van der Waals surface area contributed by atoms with Gasteiger partial charge in [-0.15, -0.1) is 0 Å². The molecule has 0 fully saturated rings. The zero-order valence-electron chi connectivity index (χ0n) is 9.91. The summed E-state index contributed by atoms with van der Waals surface area (Å²) in [6.45, 7) is 0. The topological polar surface area (TPSA) is 26.3 Å². The van der Waals surface area contributed by atoms with Gasteiger partial charge in [-0.25, -0.2) is 0 Å². The zero-order chi connectivity index (χ0) is 14.0. The predicted octanol–water partition coefficient (Wildman–Crippen LogP) is 4.84. The lowest BCUT2D eigenvalue weighted by atomic mass is 10.0. The highest BCUT2D eigenvalue weighted by Crippen LogP contribution is 2.32. The second kappa shape index (κ2) is 6.11. The van der Waals surface area contributed by atoms with Gasteiger partial charge in [0.05, 0.1) is 17.2 Å². The molecule has 0 spiro atoms. The Morgan fingerprint density at radius 2 is 1.79 bits per heavy atom. The molecule has 0 aromatic heterocycles. The second-order valence-electron chi connectivity index (χ2n) is 3.78. The molecule has 0 N–H and O–H groups in total. The largest absolute Gasteiger partial charge is 0.495 e. The minimum absolute atomic E-state index is 0.153. The Kier molecular flexibility index (Phi) is 4.71. The molecule has 0 aliphatic rings. The SMILES string of the molecule is COc1cc(Cl)c(C(=O)c2ccccc2I)cc1Cl. The van der Waals surface area contributed by atoms with Gasteiger partial charge in [-0.05, 0) is 40.8 Å². The van der Waals surface area contributed by atoms with Gasteiger partial charge < -0.3 is 4.74 Å². The summed E-state index contributed by atoms with van der Waals surface area (Å²) >= 11 is 14.3. The first-order valence-corrected chi connectivity index (χ1v) is 7.20. The lowest BCUT2D eigenvalue weighted by Crippen LogP contribution is -2.04. The van der Waals surface area contributed by atoms with E-state index in [2.05, 4.69) is 22.6 Å². The number of hydrogen-bond acceptors (Lipinski definition) is 2. The van der Waals surface area contributed by atoms with Crippen LogP contribution in [0, 0.1) is 3.57 Å². The summed E-state index contributed by atoms with van der Waals surface area (Å²) in [5, 5.41) is 0.687. The van der Waals surface area contributed by atoms with Gasteiger partial charge in [0.25, 0.3) is 0 Å². The molecule has 2 rings (SSSR count). The Hall–Kier alpha value is -0.780. The van der Waals surface area contributed by atoms with Gasteiger partial charge >= 0.3 is 0 Å². The predicted molar refractivity (Wildman–Crippen MR) is 85.6 cm³/mol. The van der Waals surface area contributed by atoms with Crippen molar-refractivity contribution in [3.05, 3.63) is 61.1 Å². The number of hydrogen-bond donors (Lipinski definition) is 0. The van der Waals surface area contributed by atoms with E-state index >= 15 is 0 Å². The molecule has 0 saturated carbocycles. The van der Waals surface area contributed by atoms with E-state index in [1.807, 2.05) is 18.2 Å². The smallest absolute Gasteiger partial charge is 0.195 e. The van der Waals surface area contributed by atoms with Crippen molar-refractivity contribution in [2.75, 3.05) is 7.11 Å². The summed E-state index contributed by atoms with van der Waals surface area (Å²) in [6.07, 6.45) is 0. The highest BCUT2D eigenvalue weighted by molar-refractivity contribution is 14.1. The second-order valence-corrected chi connectivity index (χ2v) is 5.75. The number of halogens is 3. The summed E-state index contributed by atoms with van der Waals surface area (Å²) in [5.74, 6) is 0.297. The summed E-state index contributed by atoms with van der Waals surface area (Å²) < 4.78 is 5.93. The Labute approximate surface area is 134 Å². The van der Waals surface area contributed by atoms with Gasteiger partial charge in [0.15, 0.2) is 5.78 Å². The summed E-state index contributed by atoms with van der Waals surface area (Å²) in [6, 6.07) is 10.4. The fourth-order valence-electron chi connectivity index (χ4n) is 1.65. The average Bonchev–Trinajstić information content (AvgIpc) is 2.40. The summed E-state index contributed by atoms with van der Waals surface area (Å²) in [7, 11) is 1.50. The standard InChI is InChI=1S/C14H9Cl2IO2/c1-19-13-7-10(15)9(6-11(13)16)14(18)8-4-2-3-5-12(8)17/h2-7H,1H3. The first-order chi connectivity index (χ1) is 9.04. The molecule has 2 aromatic rings. The first kappa shape index (κ1) is 14.6. The van der Waals surface area contributed by atoms with Crippen LogP contribution in [0.4, 0.5) is 0 Å². The Bertz CT molecular complexity index is 641. The molecule has 0 bridgehead atoms. The third-order valence-corrected chi connectivity index (χ3v) is 4.15. The maximum Gasteiger partial charge on any atom is 0.195 e. The minimum atomic E-state index is -0.153. The monoisotopic (exact) mass is 406 g/mol.